The minimum Gasteiger partial charge on any atom is -0.369 e. The van der Waals surface area contributed by atoms with Gasteiger partial charge in [0.25, 0.3) is 0 Å². The number of nitrogens with one attached hydrogen (secondary N) is 2. The summed E-state index contributed by atoms with van der Waals surface area (Å²) in [6.07, 6.45) is 4.54. The van der Waals surface area contributed by atoms with Crippen LogP contribution >= 0.6 is 11.6 Å². The van der Waals surface area contributed by atoms with Crippen LogP contribution in [0.5, 0.6) is 0 Å². The van der Waals surface area contributed by atoms with Gasteiger partial charge in [-0.25, -0.2) is 4.79 Å². The fourth-order valence-corrected chi connectivity index (χ4v) is 3.01. The molecular formula is C16H22ClN3O2. The summed E-state index contributed by atoms with van der Waals surface area (Å²) >= 11 is 6.04. The maximum absolute atomic E-state index is 12.1. The number of nitrogens with two attached hydrogens (primary N) is 1. The molecule has 22 heavy (non-hydrogen) atoms. The summed E-state index contributed by atoms with van der Waals surface area (Å²) in [5, 5.41) is 6.23. The van der Waals surface area contributed by atoms with Crippen LogP contribution in [0.2, 0.25) is 5.02 Å². The molecule has 1 aromatic rings. The lowest BCUT2D eigenvalue weighted by Crippen LogP contribution is -2.46. The lowest BCUT2D eigenvalue weighted by molar-refractivity contribution is -0.122. The molecular weight excluding hydrogens is 302 g/mol. The van der Waals surface area contributed by atoms with Gasteiger partial charge in [-0.15, -0.1) is 0 Å². The summed E-state index contributed by atoms with van der Waals surface area (Å²) in [5.74, 6) is -0.638. The van der Waals surface area contributed by atoms with Gasteiger partial charge in [-0.1, -0.05) is 36.9 Å². The molecule has 0 aliphatic heterocycles. The second-order valence-electron chi connectivity index (χ2n) is 5.82. The molecule has 1 saturated carbocycles. The molecule has 1 aromatic carbocycles. The maximum Gasteiger partial charge on any atom is 0.319 e. The minimum atomic E-state index is -0.342. The monoisotopic (exact) mass is 323 g/mol. The van der Waals surface area contributed by atoms with Crippen molar-refractivity contribution in [3.8, 4) is 0 Å². The number of hydrogen-bond donors (Lipinski definition) is 3. The highest BCUT2D eigenvalue weighted by atomic mass is 35.5. The van der Waals surface area contributed by atoms with Gasteiger partial charge in [-0.3, -0.25) is 4.79 Å². The number of carbonyl (C=O) groups excluding carboxylic acids is 2. The highest BCUT2D eigenvalue weighted by Gasteiger charge is 2.29. The first-order valence-corrected chi connectivity index (χ1v) is 7.98. The molecule has 2 atom stereocenters. The lowest BCUT2D eigenvalue weighted by atomic mass is 9.94. The van der Waals surface area contributed by atoms with Crippen molar-refractivity contribution in [3.63, 3.8) is 0 Å². The van der Waals surface area contributed by atoms with Crippen molar-refractivity contribution >= 4 is 29.2 Å². The molecule has 3 amide bonds. The summed E-state index contributed by atoms with van der Waals surface area (Å²) in [7, 11) is 0. The number of urea groups is 1. The van der Waals surface area contributed by atoms with E-state index in [1.807, 2.05) is 13.0 Å². The number of rotatable bonds is 3. The molecule has 2 rings (SSSR count). The Morgan fingerprint density at radius 2 is 1.95 bits per heavy atom. The molecule has 4 N–H and O–H groups in total. The Bertz CT molecular complexity index is 562. The van der Waals surface area contributed by atoms with E-state index in [1.54, 1.807) is 12.1 Å². The summed E-state index contributed by atoms with van der Waals surface area (Å²) in [6.45, 7) is 1.90. The third-order valence-electron chi connectivity index (χ3n) is 4.13. The zero-order valence-corrected chi connectivity index (χ0v) is 13.5. The smallest absolute Gasteiger partial charge is 0.319 e. The van der Waals surface area contributed by atoms with Gasteiger partial charge in [0.1, 0.15) is 0 Å². The molecule has 5 nitrogen and oxygen atoms in total. The van der Waals surface area contributed by atoms with Gasteiger partial charge in [0.15, 0.2) is 0 Å². The first kappa shape index (κ1) is 16.6. The van der Waals surface area contributed by atoms with Crippen LogP contribution in [0.4, 0.5) is 10.5 Å². The third kappa shape index (κ3) is 4.37. The number of hydrogen-bond acceptors (Lipinski definition) is 2. The molecule has 0 saturated heterocycles. The Morgan fingerprint density at radius 1 is 1.23 bits per heavy atom. The van der Waals surface area contributed by atoms with Gasteiger partial charge in [0, 0.05) is 16.8 Å². The summed E-state index contributed by atoms with van der Waals surface area (Å²) < 4.78 is 0. The van der Waals surface area contributed by atoms with Crippen molar-refractivity contribution in [2.45, 2.75) is 45.1 Å². The highest BCUT2D eigenvalue weighted by molar-refractivity contribution is 6.31. The van der Waals surface area contributed by atoms with Crippen molar-refractivity contribution in [1.29, 1.82) is 0 Å². The molecule has 6 heteroatoms. The molecule has 0 heterocycles. The van der Waals surface area contributed by atoms with Crippen LogP contribution in [0.25, 0.3) is 0 Å². The molecule has 0 spiro atoms. The van der Waals surface area contributed by atoms with Gasteiger partial charge in [-0.05, 0) is 37.5 Å². The highest BCUT2D eigenvalue weighted by Crippen LogP contribution is 2.24. The topological polar surface area (TPSA) is 84.2 Å². The van der Waals surface area contributed by atoms with Gasteiger partial charge >= 0.3 is 6.03 Å². The van der Waals surface area contributed by atoms with E-state index in [-0.39, 0.29) is 23.9 Å². The first-order chi connectivity index (χ1) is 10.5. The number of halogens is 1. The van der Waals surface area contributed by atoms with Crippen LogP contribution in [-0.4, -0.2) is 18.0 Å². The number of amides is 3. The summed E-state index contributed by atoms with van der Waals surface area (Å²) in [5.41, 5.74) is 7.04. The van der Waals surface area contributed by atoms with Crippen LogP contribution in [0.1, 0.15) is 37.7 Å². The molecule has 0 bridgehead atoms. The molecule has 1 fully saturated rings. The summed E-state index contributed by atoms with van der Waals surface area (Å²) in [4.78, 5) is 23.7. The second-order valence-corrected chi connectivity index (χ2v) is 6.22. The maximum atomic E-state index is 12.1. The largest absolute Gasteiger partial charge is 0.369 e. The molecule has 0 aromatic heterocycles. The van der Waals surface area contributed by atoms with Gasteiger partial charge < -0.3 is 16.4 Å². The normalized spacial score (nSPS) is 21.7. The van der Waals surface area contributed by atoms with Crippen LogP contribution < -0.4 is 16.4 Å². The average Bonchev–Trinajstić information content (AvgIpc) is 2.68. The van der Waals surface area contributed by atoms with Gasteiger partial charge in [0.2, 0.25) is 5.91 Å². The van der Waals surface area contributed by atoms with Crippen molar-refractivity contribution in [1.82, 2.24) is 5.32 Å². The predicted molar refractivity (Wildman–Crippen MR) is 87.9 cm³/mol. The van der Waals surface area contributed by atoms with Gasteiger partial charge in [-0.2, -0.15) is 0 Å². The molecule has 0 radical (unpaired) electrons. The van der Waals surface area contributed by atoms with Crippen LogP contribution in [0, 0.1) is 12.8 Å². The van der Waals surface area contributed by atoms with E-state index in [2.05, 4.69) is 10.6 Å². The fourth-order valence-electron chi connectivity index (χ4n) is 2.83. The number of primary amides is 1. The van der Waals surface area contributed by atoms with Crippen LogP contribution in [-0.2, 0) is 4.79 Å². The second kappa shape index (κ2) is 7.49. The quantitative estimate of drug-likeness (QED) is 0.746. The third-order valence-corrected chi connectivity index (χ3v) is 4.53. The number of anilines is 1. The van der Waals surface area contributed by atoms with E-state index in [9.17, 15) is 9.59 Å². The Morgan fingerprint density at radius 3 is 2.64 bits per heavy atom. The number of aryl methyl sites for hydroxylation is 1. The van der Waals surface area contributed by atoms with Crippen molar-refractivity contribution < 1.29 is 9.59 Å². The molecule has 120 valence electrons. The Balaban J connectivity index is 1.99. The minimum absolute atomic E-state index is 0.207. The SMILES string of the molecule is Cc1ccc(NC(=O)N[C@@H]2CCCCC[C@@H]2C(N)=O)cc1Cl. The van der Waals surface area contributed by atoms with E-state index in [0.717, 1.165) is 37.7 Å². The zero-order valence-electron chi connectivity index (χ0n) is 12.7. The Hall–Kier alpha value is -1.75. The molecule has 1 aliphatic carbocycles. The fraction of sp³-hybridized carbons (Fsp3) is 0.500. The van der Waals surface area contributed by atoms with Crippen molar-refractivity contribution in [2.75, 3.05) is 5.32 Å². The predicted octanol–water partition coefficient (Wildman–Crippen LogP) is 3.20. The lowest BCUT2D eigenvalue weighted by Gasteiger charge is -2.23. The standard InChI is InChI=1S/C16H22ClN3O2/c1-10-7-8-11(9-13(10)17)19-16(22)20-14-6-4-2-3-5-12(14)15(18)21/h7-9,12,14H,2-6H2,1H3,(H2,18,21)(H2,19,20,22)/t12-,14+/m0/s1. The van der Waals surface area contributed by atoms with Crippen molar-refractivity contribution in [3.05, 3.63) is 28.8 Å². The summed E-state index contributed by atoms with van der Waals surface area (Å²) in [6, 6.07) is 4.80. The average molecular weight is 324 g/mol. The molecule has 0 unspecified atom stereocenters. The Kier molecular flexibility index (Phi) is 5.66. The number of benzene rings is 1. The first-order valence-electron chi connectivity index (χ1n) is 7.60. The van der Waals surface area contributed by atoms with Crippen molar-refractivity contribution in [2.24, 2.45) is 11.7 Å². The number of carbonyl (C=O) groups is 2. The van der Waals surface area contributed by atoms with E-state index in [1.165, 1.54) is 0 Å². The zero-order chi connectivity index (χ0) is 16.1. The van der Waals surface area contributed by atoms with E-state index < -0.39 is 0 Å². The molecule has 1 aliphatic rings. The van der Waals surface area contributed by atoms with E-state index in [4.69, 9.17) is 17.3 Å². The van der Waals surface area contributed by atoms with Crippen LogP contribution in [0.15, 0.2) is 18.2 Å². The Labute approximate surface area is 135 Å². The van der Waals surface area contributed by atoms with Gasteiger partial charge in [0.05, 0.1) is 5.92 Å². The van der Waals surface area contributed by atoms with Crippen LogP contribution in [0.3, 0.4) is 0 Å². The van der Waals surface area contributed by atoms with E-state index in [0.29, 0.717) is 10.7 Å². The van der Waals surface area contributed by atoms with E-state index >= 15 is 0 Å².